The number of para-hydroxylation sites is 2. The van der Waals surface area contributed by atoms with Crippen molar-refractivity contribution < 1.29 is 18.7 Å². The molecule has 1 atom stereocenters. The smallest absolute Gasteiger partial charge is 0.269 e. The second-order valence-corrected chi connectivity index (χ2v) is 5.19. The maximum atomic E-state index is 12.9. The quantitative estimate of drug-likeness (QED) is 0.942. The summed E-state index contributed by atoms with van der Waals surface area (Å²) in [5.74, 6) is -0.438. The van der Waals surface area contributed by atoms with Gasteiger partial charge in [0.15, 0.2) is 6.10 Å². The van der Waals surface area contributed by atoms with Gasteiger partial charge in [0.05, 0.1) is 12.2 Å². The number of rotatable bonds is 3. The lowest BCUT2D eigenvalue weighted by molar-refractivity contribution is -0.125. The van der Waals surface area contributed by atoms with E-state index in [9.17, 15) is 14.0 Å². The van der Waals surface area contributed by atoms with E-state index in [4.69, 9.17) is 4.74 Å². The van der Waals surface area contributed by atoms with Gasteiger partial charge in [0.1, 0.15) is 11.6 Å². The summed E-state index contributed by atoms with van der Waals surface area (Å²) in [7, 11) is 1.67. The van der Waals surface area contributed by atoms with Crippen LogP contribution in [0.1, 0.15) is 10.4 Å². The highest BCUT2D eigenvalue weighted by Crippen LogP contribution is 2.32. The molecule has 0 aromatic heterocycles. The summed E-state index contributed by atoms with van der Waals surface area (Å²) in [6.07, 6.45) is -0.792. The number of halogens is 1. The third kappa shape index (κ3) is 3.01. The number of hydrogen-bond acceptors (Lipinski definition) is 3. The Morgan fingerprint density at radius 3 is 2.65 bits per heavy atom. The highest BCUT2D eigenvalue weighted by molar-refractivity contribution is 6.00. The molecule has 0 spiro atoms. The number of benzene rings is 2. The molecule has 0 saturated heterocycles. The fourth-order valence-electron chi connectivity index (χ4n) is 2.39. The van der Waals surface area contributed by atoms with E-state index >= 15 is 0 Å². The predicted octanol–water partition coefficient (Wildman–Crippen LogP) is 1.98. The summed E-state index contributed by atoms with van der Waals surface area (Å²) in [5.41, 5.74) is 1.02. The molecule has 0 radical (unpaired) electrons. The predicted molar refractivity (Wildman–Crippen MR) is 83.0 cm³/mol. The van der Waals surface area contributed by atoms with Crippen molar-refractivity contribution in [2.75, 3.05) is 18.5 Å². The number of fused-ring (bicyclic) bond motifs is 1. The molecule has 0 aliphatic carbocycles. The average Bonchev–Trinajstić information content (AvgIpc) is 2.57. The molecule has 3 rings (SSSR count). The van der Waals surface area contributed by atoms with Crippen LogP contribution in [0.4, 0.5) is 10.1 Å². The van der Waals surface area contributed by atoms with Gasteiger partial charge in [-0.1, -0.05) is 12.1 Å². The maximum absolute atomic E-state index is 12.9. The molecule has 0 saturated carbocycles. The van der Waals surface area contributed by atoms with Crippen molar-refractivity contribution >= 4 is 17.5 Å². The number of nitrogens with zero attached hydrogens (tertiary/aromatic N) is 1. The standard InChI is InChI=1S/C17H15FN2O3/c1-20-13-4-2-3-5-14(13)23-15(17(20)22)10-19-16(21)11-6-8-12(18)9-7-11/h2-9,15H,10H2,1H3,(H,19,21). The van der Waals surface area contributed by atoms with Gasteiger partial charge in [0.25, 0.3) is 11.8 Å². The molecule has 2 amide bonds. The van der Waals surface area contributed by atoms with Crippen LogP contribution in [0.25, 0.3) is 0 Å². The van der Waals surface area contributed by atoms with Gasteiger partial charge in [-0.2, -0.15) is 0 Å². The number of ether oxygens (including phenoxy) is 1. The van der Waals surface area contributed by atoms with Gasteiger partial charge in [0, 0.05) is 12.6 Å². The number of likely N-dealkylation sites (N-methyl/N-ethyl adjacent to an activating group) is 1. The van der Waals surface area contributed by atoms with Crippen molar-refractivity contribution in [3.8, 4) is 5.75 Å². The van der Waals surface area contributed by atoms with Crippen LogP contribution in [0.3, 0.4) is 0 Å². The van der Waals surface area contributed by atoms with E-state index in [-0.39, 0.29) is 18.4 Å². The van der Waals surface area contributed by atoms with E-state index < -0.39 is 11.9 Å². The van der Waals surface area contributed by atoms with E-state index in [1.54, 1.807) is 19.2 Å². The summed E-state index contributed by atoms with van der Waals surface area (Å²) in [5, 5.41) is 2.64. The first kappa shape index (κ1) is 15.0. The molecular formula is C17H15FN2O3. The number of anilines is 1. The molecule has 23 heavy (non-hydrogen) atoms. The summed E-state index contributed by atoms with van der Waals surface area (Å²) < 4.78 is 18.5. The monoisotopic (exact) mass is 314 g/mol. The molecule has 6 heteroatoms. The van der Waals surface area contributed by atoms with Crippen LogP contribution in [0.15, 0.2) is 48.5 Å². The number of amides is 2. The second-order valence-electron chi connectivity index (χ2n) is 5.19. The van der Waals surface area contributed by atoms with Gasteiger partial charge < -0.3 is 15.0 Å². The first-order chi connectivity index (χ1) is 11.1. The number of carbonyl (C=O) groups is 2. The Morgan fingerprint density at radius 1 is 1.22 bits per heavy atom. The number of nitrogens with one attached hydrogen (secondary N) is 1. The molecule has 1 aliphatic rings. The van der Waals surface area contributed by atoms with Crippen LogP contribution < -0.4 is 15.0 Å². The lowest BCUT2D eigenvalue weighted by Crippen LogP contribution is -2.49. The van der Waals surface area contributed by atoms with Crippen molar-refractivity contribution in [1.82, 2.24) is 5.32 Å². The Morgan fingerprint density at radius 2 is 1.91 bits per heavy atom. The second kappa shape index (κ2) is 6.08. The molecule has 1 heterocycles. The Hall–Kier alpha value is -2.89. The van der Waals surface area contributed by atoms with Crippen molar-refractivity contribution in [2.45, 2.75) is 6.10 Å². The molecular weight excluding hydrogens is 299 g/mol. The lowest BCUT2D eigenvalue weighted by atomic mass is 10.1. The van der Waals surface area contributed by atoms with Crippen LogP contribution in [0.2, 0.25) is 0 Å². The summed E-state index contributed by atoms with van der Waals surface area (Å²) in [6.45, 7) is 0.0354. The van der Waals surface area contributed by atoms with Crippen molar-refractivity contribution in [3.05, 3.63) is 59.9 Å². The highest BCUT2D eigenvalue weighted by Gasteiger charge is 2.32. The zero-order valence-electron chi connectivity index (χ0n) is 12.5. The first-order valence-corrected chi connectivity index (χ1v) is 7.13. The van der Waals surface area contributed by atoms with Crippen molar-refractivity contribution in [1.29, 1.82) is 0 Å². The molecule has 2 aromatic carbocycles. The van der Waals surface area contributed by atoms with Crippen LogP contribution in [-0.4, -0.2) is 31.5 Å². The van der Waals surface area contributed by atoms with Gasteiger partial charge in [0.2, 0.25) is 0 Å². The number of hydrogen-bond donors (Lipinski definition) is 1. The van der Waals surface area contributed by atoms with Crippen molar-refractivity contribution in [3.63, 3.8) is 0 Å². The summed E-state index contributed by atoms with van der Waals surface area (Å²) >= 11 is 0. The van der Waals surface area contributed by atoms with E-state index in [2.05, 4.69) is 5.32 Å². The molecule has 5 nitrogen and oxygen atoms in total. The van der Waals surface area contributed by atoms with Gasteiger partial charge in [-0.3, -0.25) is 9.59 Å². The SMILES string of the molecule is CN1C(=O)C(CNC(=O)c2ccc(F)cc2)Oc2ccccc21. The van der Waals surface area contributed by atoms with Crippen molar-refractivity contribution in [2.24, 2.45) is 0 Å². The molecule has 1 N–H and O–H groups in total. The van der Waals surface area contributed by atoms with Crippen LogP contribution in [0.5, 0.6) is 5.75 Å². The topological polar surface area (TPSA) is 58.6 Å². The molecule has 118 valence electrons. The Labute approximate surface area is 132 Å². The molecule has 0 bridgehead atoms. The Bertz CT molecular complexity index is 746. The van der Waals surface area contributed by atoms with E-state index in [0.29, 0.717) is 17.0 Å². The van der Waals surface area contributed by atoms with Gasteiger partial charge in [-0.25, -0.2) is 4.39 Å². The van der Waals surface area contributed by atoms with Crippen LogP contribution in [0, 0.1) is 5.82 Å². The molecule has 1 aliphatic heterocycles. The van der Waals surface area contributed by atoms with Gasteiger partial charge in [-0.15, -0.1) is 0 Å². The fraction of sp³-hybridized carbons (Fsp3) is 0.176. The van der Waals surface area contributed by atoms with Crippen LogP contribution >= 0.6 is 0 Å². The molecule has 2 aromatic rings. The summed E-state index contributed by atoms with van der Waals surface area (Å²) in [4.78, 5) is 25.8. The first-order valence-electron chi connectivity index (χ1n) is 7.13. The summed E-state index contributed by atoms with van der Waals surface area (Å²) in [6, 6.07) is 12.4. The Balaban J connectivity index is 1.68. The highest BCUT2D eigenvalue weighted by atomic mass is 19.1. The zero-order chi connectivity index (χ0) is 16.4. The van der Waals surface area contributed by atoms with Gasteiger partial charge in [-0.05, 0) is 36.4 Å². The van der Waals surface area contributed by atoms with E-state index in [0.717, 1.165) is 0 Å². The maximum Gasteiger partial charge on any atom is 0.269 e. The average molecular weight is 314 g/mol. The van der Waals surface area contributed by atoms with E-state index in [1.165, 1.54) is 29.2 Å². The van der Waals surface area contributed by atoms with Gasteiger partial charge >= 0.3 is 0 Å². The lowest BCUT2D eigenvalue weighted by Gasteiger charge is -2.31. The minimum absolute atomic E-state index is 0.0354. The largest absolute Gasteiger partial charge is 0.477 e. The minimum atomic E-state index is -0.792. The normalized spacial score (nSPS) is 16.5. The van der Waals surface area contributed by atoms with E-state index in [1.807, 2.05) is 12.1 Å². The fourth-order valence-corrected chi connectivity index (χ4v) is 2.39. The number of carbonyl (C=O) groups excluding carboxylic acids is 2. The Kier molecular flexibility index (Phi) is 3.97. The zero-order valence-corrected chi connectivity index (χ0v) is 12.5. The molecule has 1 unspecified atom stereocenters. The molecule has 0 fully saturated rings. The van der Waals surface area contributed by atoms with Crippen LogP contribution in [-0.2, 0) is 4.79 Å². The minimum Gasteiger partial charge on any atom is -0.477 e. The third-order valence-corrected chi connectivity index (χ3v) is 3.66. The third-order valence-electron chi connectivity index (χ3n) is 3.66.